The molecule has 1 aliphatic heterocycles. The molecule has 11 heteroatoms. The monoisotopic (exact) mass is 495 g/mol. The Hall–Kier alpha value is -2.37. The number of aromatic nitrogens is 2. The van der Waals surface area contributed by atoms with Crippen LogP contribution in [0.25, 0.3) is 0 Å². The molecule has 2 aromatic rings. The van der Waals surface area contributed by atoms with Crippen molar-refractivity contribution in [3.8, 4) is 0 Å². The van der Waals surface area contributed by atoms with E-state index in [0.29, 0.717) is 18.7 Å². The fourth-order valence-electron chi connectivity index (χ4n) is 5.12. The number of H-pyrrole nitrogens is 1. The highest BCUT2D eigenvalue weighted by Gasteiger charge is 2.48. The number of aromatic amines is 1. The van der Waals surface area contributed by atoms with Crippen molar-refractivity contribution in [3.05, 3.63) is 47.4 Å². The van der Waals surface area contributed by atoms with E-state index >= 15 is 0 Å². The van der Waals surface area contributed by atoms with E-state index in [0.717, 1.165) is 11.1 Å². The number of aryl methyl sites for hydroxylation is 2. The highest BCUT2D eigenvalue weighted by molar-refractivity contribution is 7.89. The number of carbonyl (C=O) groups is 1. The maximum atomic E-state index is 14.1. The normalized spacial score (nSPS) is 21.3. The number of carbonyl (C=O) groups excluding carboxylic acids is 1. The van der Waals surface area contributed by atoms with E-state index in [9.17, 15) is 22.0 Å². The van der Waals surface area contributed by atoms with Gasteiger partial charge in [-0.3, -0.25) is 9.69 Å². The van der Waals surface area contributed by atoms with Crippen molar-refractivity contribution in [1.29, 1.82) is 0 Å². The van der Waals surface area contributed by atoms with Gasteiger partial charge in [0.1, 0.15) is 0 Å². The van der Waals surface area contributed by atoms with Crippen LogP contribution in [0.15, 0.2) is 35.7 Å². The van der Waals surface area contributed by atoms with Crippen LogP contribution in [0.2, 0.25) is 0 Å². The van der Waals surface area contributed by atoms with Gasteiger partial charge in [-0.25, -0.2) is 22.2 Å². The number of hydrogen-bond donors (Lipinski definition) is 2. The highest BCUT2D eigenvalue weighted by atomic mass is 32.2. The number of benzene rings is 1. The third-order valence-corrected chi connectivity index (χ3v) is 9.02. The van der Waals surface area contributed by atoms with Crippen molar-refractivity contribution in [2.45, 2.75) is 56.0 Å². The molecule has 0 radical (unpaired) electrons. The molecule has 2 N–H and O–H groups in total. The van der Waals surface area contributed by atoms with E-state index in [4.69, 9.17) is 0 Å². The van der Waals surface area contributed by atoms with Crippen LogP contribution < -0.4 is 5.32 Å². The molecule has 0 atom stereocenters. The fraction of sp³-hybridized carbons (Fsp3) is 0.565. The number of nitrogens with zero attached hydrogens (tertiary/aromatic N) is 3. The summed E-state index contributed by atoms with van der Waals surface area (Å²) in [5, 5.41) is 3.04. The minimum Gasteiger partial charge on any atom is -0.350 e. The van der Waals surface area contributed by atoms with Crippen LogP contribution in [0.4, 0.5) is 8.78 Å². The van der Waals surface area contributed by atoms with Crippen molar-refractivity contribution in [2.24, 2.45) is 0 Å². The molecule has 2 aliphatic rings. The minimum atomic E-state index is -3.68. The van der Waals surface area contributed by atoms with Crippen LogP contribution in [0.3, 0.4) is 0 Å². The molecule has 1 aromatic heterocycles. The van der Waals surface area contributed by atoms with Crippen molar-refractivity contribution in [2.75, 3.05) is 32.7 Å². The lowest BCUT2D eigenvalue weighted by atomic mass is 9.78. The largest absolute Gasteiger partial charge is 0.350 e. The molecule has 0 unspecified atom stereocenters. The summed E-state index contributed by atoms with van der Waals surface area (Å²) in [7, 11) is -3.68. The minimum absolute atomic E-state index is 0.0360. The summed E-state index contributed by atoms with van der Waals surface area (Å²) in [6.45, 7) is 5.27. The molecular formula is C23H31F2N5O3S. The zero-order chi connectivity index (χ0) is 24.6. The maximum Gasteiger partial charge on any atom is 0.260 e. The van der Waals surface area contributed by atoms with Gasteiger partial charge in [0.15, 0.2) is 5.03 Å². The molecule has 0 bridgehead atoms. The number of hydrogen-bond acceptors (Lipinski definition) is 5. The Morgan fingerprint density at radius 1 is 1.09 bits per heavy atom. The van der Waals surface area contributed by atoms with E-state index in [2.05, 4.69) is 20.2 Å². The van der Waals surface area contributed by atoms with Gasteiger partial charge in [0.05, 0.1) is 12.5 Å². The highest BCUT2D eigenvalue weighted by Crippen LogP contribution is 2.42. The average Bonchev–Trinajstić information content (AvgIpc) is 3.35. The Balaban J connectivity index is 1.49. The van der Waals surface area contributed by atoms with E-state index in [1.54, 1.807) is 0 Å². The Kier molecular flexibility index (Phi) is 6.80. The first-order valence-electron chi connectivity index (χ1n) is 11.5. The molecule has 1 saturated carbocycles. The van der Waals surface area contributed by atoms with Crippen LogP contribution >= 0.6 is 0 Å². The second-order valence-corrected chi connectivity index (χ2v) is 11.2. The zero-order valence-electron chi connectivity index (χ0n) is 19.5. The number of halogens is 2. The SMILES string of the molecule is Cc1cccc(C)c1C(=O)NCC1(N2CCN(S(=O)(=O)c3cnc[nH]3)CC2)CCC(F)(F)CC1. The van der Waals surface area contributed by atoms with E-state index in [1.807, 2.05) is 32.0 Å². The van der Waals surface area contributed by atoms with E-state index in [1.165, 1.54) is 16.8 Å². The Morgan fingerprint density at radius 2 is 1.71 bits per heavy atom. The Bertz CT molecular complexity index is 1100. The van der Waals surface area contributed by atoms with Gasteiger partial charge in [-0.1, -0.05) is 18.2 Å². The molecule has 2 heterocycles. The number of nitrogens with one attached hydrogen (secondary N) is 2. The maximum absolute atomic E-state index is 14.1. The quantitative estimate of drug-likeness (QED) is 0.642. The molecule has 186 valence electrons. The number of imidazole rings is 1. The van der Waals surface area contributed by atoms with Gasteiger partial charge in [-0.05, 0) is 37.8 Å². The summed E-state index contributed by atoms with van der Waals surface area (Å²) < 4.78 is 55.1. The smallest absolute Gasteiger partial charge is 0.260 e. The van der Waals surface area contributed by atoms with Crippen LogP contribution in [0.1, 0.15) is 47.2 Å². The van der Waals surface area contributed by atoms with Crippen molar-refractivity contribution in [1.82, 2.24) is 24.5 Å². The van der Waals surface area contributed by atoms with Crippen LogP contribution in [-0.4, -0.2) is 77.7 Å². The second kappa shape index (κ2) is 9.35. The molecule has 1 aromatic carbocycles. The third-order valence-electron chi connectivity index (χ3n) is 7.20. The molecule has 1 saturated heterocycles. The lowest BCUT2D eigenvalue weighted by Crippen LogP contribution is -2.63. The number of alkyl halides is 2. The van der Waals surface area contributed by atoms with Crippen LogP contribution in [0.5, 0.6) is 0 Å². The summed E-state index contributed by atoms with van der Waals surface area (Å²) in [6.07, 6.45) is 2.56. The molecule has 1 aliphatic carbocycles. The van der Waals surface area contributed by atoms with E-state index < -0.39 is 21.5 Å². The molecule has 1 amide bonds. The summed E-state index contributed by atoms with van der Waals surface area (Å²) in [5.41, 5.74) is 1.69. The standard InChI is InChI=1S/C23H31F2N5O3S/c1-17-4-3-5-18(2)20(17)21(31)27-15-22(6-8-23(24,25)9-7-22)29-10-12-30(13-11-29)34(32,33)19-14-26-16-28-19/h3-5,14,16H,6-13,15H2,1-2H3,(H,26,28)(H,27,31). The first kappa shape index (κ1) is 24.7. The first-order valence-corrected chi connectivity index (χ1v) is 12.9. The number of piperazine rings is 1. The van der Waals surface area contributed by atoms with Crippen LogP contribution in [0, 0.1) is 13.8 Å². The van der Waals surface area contributed by atoms with Gasteiger partial charge in [-0.15, -0.1) is 0 Å². The third kappa shape index (κ3) is 4.87. The molecule has 8 nitrogen and oxygen atoms in total. The van der Waals surface area contributed by atoms with Crippen molar-refractivity contribution >= 4 is 15.9 Å². The zero-order valence-corrected chi connectivity index (χ0v) is 20.3. The number of rotatable bonds is 6. The lowest BCUT2D eigenvalue weighted by Gasteiger charge is -2.50. The number of amides is 1. The van der Waals surface area contributed by atoms with Gasteiger partial charge in [0.2, 0.25) is 5.92 Å². The van der Waals surface area contributed by atoms with Crippen molar-refractivity contribution < 1.29 is 22.0 Å². The van der Waals surface area contributed by atoms with Crippen molar-refractivity contribution in [3.63, 3.8) is 0 Å². The predicted molar refractivity (Wildman–Crippen MR) is 123 cm³/mol. The van der Waals surface area contributed by atoms with Gasteiger partial charge < -0.3 is 10.3 Å². The first-order chi connectivity index (χ1) is 16.0. The fourth-order valence-corrected chi connectivity index (χ4v) is 6.44. The van der Waals surface area contributed by atoms with E-state index in [-0.39, 0.29) is 56.3 Å². The topological polar surface area (TPSA) is 98.4 Å². The predicted octanol–water partition coefficient (Wildman–Crippen LogP) is 2.71. The molecule has 4 rings (SSSR count). The summed E-state index contributed by atoms with van der Waals surface area (Å²) in [5.74, 6) is -2.93. The van der Waals surface area contributed by atoms with Crippen LogP contribution in [-0.2, 0) is 10.0 Å². The Morgan fingerprint density at radius 3 is 2.26 bits per heavy atom. The summed E-state index contributed by atoms with van der Waals surface area (Å²) in [4.78, 5) is 21.5. The number of sulfonamides is 1. The Labute approximate surface area is 198 Å². The molecule has 2 fully saturated rings. The molecular weight excluding hydrogens is 464 g/mol. The van der Waals surface area contributed by atoms with Gasteiger partial charge in [0.25, 0.3) is 15.9 Å². The lowest BCUT2D eigenvalue weighted by molar-refractivity contribution is -0.0856. The average molecular weight is 496 g/mol. The molecule has 34 heavy (non-hydrogen) atoms. The molecule has 0 spiro atoms. The van der Waals surface area contributed by atoms with Gasteiger partial charge in [0, 0.05) is 56.7 Å². The second-order valence-electron chi connectivity index (χ2n) is 9.34. The van der Waals surface area contributed by atoms with Gasteiger partial charge >= 0.3 is 0 Å². The summed E-state index contributed by atoms with van der Waals surface area (Å²) >= 11 is 0. The van der Waals surface area contributed by atoms with Gasteiger partial charge in [-0.2, -0.15) is 4.31 Å². The summed E-state index contributed by atoms with van der Waals surface area (Å²) in [6, 6.07) is 5.64.